The fourth-order valence-electron chi connectivity index (χ4n) is 1.72. The van der Waals surface area contributed by atoms with E-state index in [4.69, 9.17) is 5.14 Å². The molecule has 0 aliphatic heterocycles. The molecule has 0 atom stereocenters. The highest BCUT2D eigenvalue weighted by Crippen LogP contribution is 2.33. The van der Waals surface area contributed by atoms with Crippen LogP contribution in [0.5, 0.6) is 0 Å². The molecule has 5 heteroatoms. The van der Waals surface area contributed by atoms with Crippen molar-refractivity contribution in [2.75, 3.05) is 0 Å². The van der Waals surface area contributed by atoms with Crippen molar-refractivity contribution in [1.29, 1.82) is 0 Å². The Bertz CT molecular complexity index is 522. The van der Waals surface area contributed by atoms with Crippen LogP contribution >= 0.6 is 15.9 Å². The predicted molar refractivity (Wildman–Crippen MR) is 73.7 cm³/mol. The van der Waals surface area contributed by atoms with Gasteiger partial charge in [0.05, 0.1) is 4.90 Å². The summed E-state index contributed by atoms with van der Waals surface area (Å²) in [5.74, 6) is 0.354. The van der Waals surface area contributed by atoms with Gasteiger partial charge in [-0.2, -0.15) is 0 Å². The van der Waals surface area contributed by atoms with Gasteiger partial charge in [0.25, 0.3) is 0 Å². The van der Waals surface area contributed by atoms with Crippen molar-refractivity contribution in [2.45, 2.75) is 44.4 Å². The van der Waals surface area contributed by atoms with Crippen LogP contribution in [0, 0.1) is 0 Å². The Morgan fingerprint density at radius 1 is 1.06 bits per heavy atom. The molecule has 0 bridgehead atoms. The minimum Gasteiger partial charge on any atom is -0.225 e. The maximum absolute atomic E-state index is 11.6. The molecule has 0 fully saturated rings. The largest absolute Gasteiger partial charge is 0.238 e. The first-order valence-electron chi connectivity index (χ1n) is 5.50. The molecule has 1 rings (SSSR count). The Labute approximate surface area is 112 Å². The van der Waals surface area contributed by atoms with Crippen LogP contribution in [0.4, 0.5) is 0 Å². The van der Waals surface area contributed by atoms with Gasteiger partial charge in [0.15, 0.2) is 0 Å². The molecule has 17 heavy (non-hydrogen) atoms. The molecule has 0 spiro atoms. The first-order valence-corrected chi connectivity index (χ1v) is 7.84. The summed E-state index contributed by atoms with van der Waals surface area (Å²) in [6, 6.07) is 3.54. The van der Waals surface area contributed by atoms with Crippen LogP contribution in [-0.4, -0.2) is 8.42 Å². The van der Waals surface area contributed by atoms with Crippen LogP contribution in [0.25, 0.3) is 0 Å². The molecule has 0 aromatic heterocycles. The maximum Gasteiger partial charge on any atom is 0.238 e. The van der Waals surface area contributed by atoms with Gasteiger partial charge in [-0.15, -0.1) is 0 Å². The summed E-state index contributed by atoms with van der Waals surface area (Å²) >= 11 is 3.48. The summed E-state index contributed by atoms with van der Waals surface area (Å²) in [6.07, 6.45) is 0. The van der Waals surface area contributed by atoms with E-state index in [1.807, 2.05) is 33.8 Å². The van der Waals surface area contributed by atoms with E-state index in [-0.39, 0.29) is 16.7 Å². The minimum absolute atomic E-state index is 0.112. The predicted octanol–water partition coefficient (Wildman–Crippen LogP) is 3.34. The van der Waals surface area contributed by atoms with Crippen molar-refractivity contribution in [3.63, 3.8) is 0 Å². The van der Waals surface area contributed by atoms with E-state index in [1.165, 1.54) is 0 Å². The van der Waals surface area contributed by atoms with Gasteiger partial charge in [-0.3, -0.25) is 0 Å². The standard InChI is InChI=1S/C12H18BrNO2S/c1-7(2)9-6-12(17(14,15)16)10(8(3)4)5-11(9)13/h5-8H,1-4H3,(H2,14,15,16). The normalized spacial score (nSPS) is 12.5. The molecule has 0 radical (unpaired) electrons. The van der Waals surface area contributed by atoms with Gasteiger partial charge in [0, 0.05) is 4.47 Å². The molecule has 0 unspecified atom stereocenters. The molecule has 0 aliphatic carbocycles. The third kappa shape index (κ3) is 3.30. The molecule has 0 saturated carbocycles. The lowest BCUT2D eigenvalue weighted by Gasteiger charge is -2.16. The zero-order chi connectivity index (χ0) is 13.4. The number of hydrogen-bond acceptors (Lipinski definition) is 2. The lowest BCUT2D eigenvalue weighted by molar-refractivity contribution is 0.595. The maximum atomic E-state index is 11.6. The van der Waals surface area contributed by atoms with Crippen molar-refractivity contribution in [3.8, 4) is 0 Å². The first kappa shape index (κ1) is 14.7. The average molecular weight is 320 g/mol. The number of nitrogens with two attached hydrogens (primary N) is 1. The third-order valence-electron chi connectivity index (χ3n) is 2.68. The fourth-order valence-corrected chi connectivity index (χ4v) is 3.46. The first-order chi connectivity index (χ1) is 7.64. The lowest BCUT2D eigenvalue weighted by atomic mass is 9.97. The highest BCUT2D eigenvalue weighted by molar-refractivity contribution is 9.10. The van der Waals surface area contributed by atoms with Gasteiger partial charge < -0.3 is 0 Å². The third-order valence-corrected chi connectivity index (χ3v) is 4.33. The molecule has 96 valence electrons. The van der Waals surface area contributed by atoms with Crippen LogP contribution in [-0.2, 0) is 10.0 Å². The number of sulfonamides is 1. The van der Waals surface area contributed by atoms with Gasteiger partial charge in [-0.1, -0.05) is 43.6 Å². The summed E-state index contributed by atoms with van der Waals surface area (Å²) in [5, 5.41) is 5.27. The number of hydrogen-bond donors (Lipinski definition) is 1. The van der Waals surface area contributed by atoms with Crippen LogP contribution in [0.1, 0.15) is 50.7 Å². The lowest BCUT2D eigenvalue weighted by Crippen LogP contribution is -2.16. The Morgan fingerprint density at radius 3 is 1.88 bits per heavy atom. The minimum atomic E-state index is -3.67. The number of primary sulfonamides is 1. The van der Waals surface area contributed by atoms with Crippen LogP contribution < -0.4 is 5.14 Å². The smallest absolute Gasteiger partial charge is 0.225 e. The molecular formula is C12H18BrNO2S. The second-order valence-electron chi connectivity index (χ2n) is 4.77. The molecule has 1 aromatic rings. The topological polar surface area (TPSA) is 60.2 Å². The van der Waals surface area contributed by atoms with Gasteiger partial charge in [-0.25, -0.2) is 13.6 Å². The van der Waals surface area contributed by atoms with E-state index >= 15 is 0 Å². The summed E-state index contributed by atoms with van der Waals surface area (Å²) in [6.45, 7) is 7.93. The van der Waals surface area contributed by atoms with Crippen molar-refractivity contribution >= 4 is 26.0 Å². The zero-order valence-corrected chi connectivity index (χ0v) is 12.9. The molecule has 2 N–H and O–H groups in total. The van der Waals surface area contributed by atoms with Crippen LogP contribution in [0.3, 0.4) is 0 Å². The van der Waals surface area contributed by atoms with E-state index < -0.39 is 10.0 Å². The number of halogens is 1. The summed E-state index contributed by atoms with van der Waals surface area (Å²) in [5.41, 5.74) is 1.71. The highest BCUT2D eigenvalue weighted by Gasteiger charge is 2.19. The molecule has 0 amide bonds. The van der Waals surface area contributed by atoms with Gasteiger partial charge in [0.1, 0.15) is 0 Å². The van der Waals surface area contributed by atoms with Crippen molar-refractivity contribution < 1.29 is 8.42 Å². The Kier molecular flexibility index (Phi) is 4.38. The van der Waals surface area contributed by atoms with Gasteiger partial charge in [0.2, 0.25) is 10.0 Å². The van der Waals surface area contributed by atoms with Crippen LogP contribution in [0.15, 0.2) is 21.5 Å². The quantitative estimate of drug-likeness (QED) is 0.928. The average Bonchev–Trinajstić information content (AvgIpc) is 2.14. The van der Waals surface area contributed by atoms with E-state index in [2.05, 4.69) is 15.9 Å². The Hall–Kier alpha value is -0.390. The molecule has 1 aromatic carbocycles. The van der Waals surface area contributed by atoms with Crippen molar-refractivity contribution in [2.24, 2.45) is 5.14 Å². The number of benzene rings is 1. The summed E-state index contributed by atoms with van der Waals surface area (Å²) in [4.78, 5) is 0.236. The molecule has 0 heterocycles. The highest BCUT2D eigenvalue weighted by atomic mass is 79.9. The summed E-state index contributed by atoms with van der Waals surface area (Å²) < 4.78 is 24.1. The van der Waals surface area contributed by atoms with Crippen molar-refractivity contribution in [1.82, 2.24) is 0 Å². The van der Waals surface area contributed by atoms with E-state index in [1.54, 1.807) is 6.07 Å². The Balaban J connectivity index is 3.60. The van der Waals surface area contributed by atoms with Gasteiger partial charge in [-0.05, 0) is 35.1 Å². The molecular weight excluding hydrogens is 302 g/mol. The van der Waals surface area contributed by atoms with Crippen molar-refractivity contribution in [3.05, 3.63) is 27.7 Å². The monoisotopic (exact) mass is 319 g/mol. The molecule has 0 saturated heterocycles. The van der Waals surface area contributed by atoms with E-state index in [0.717, 1.165) is 15.6 Å². The molecule has 0 aliphatic rings. The van der Waals surface area contributed by atoms with Gasteiger partial charge >= 0.3 is 0 Å². The summed E-state index contributed by atoms with van der Waals surface area (Å²) in [7, 11) is -3.67. The van der Waals surface area contributed by atoms with E-state index in [0.29, 0.717) is 0 Å². The zero-order valence-electron chi connectivity index (χ0n) is 10.5. The second kappa shape index (κ2) is 5.08. The van der Waals surface area contributed by atoms with E-state index in [9.17, 15) is 8.42 Å². The number of rotatable bonds is 3. The molecule has 3 nitrogen and oxygen atoms in total. The van der Waals surface area contributed by atoms with Crippen LogP contribution in [0.2, 0.25) is 0 Å². The second-order valence-corrected chi connectivity index (χ2v) is 7.15. The fraction of sp³-hybridized carbons (Fsp3) is 0.500. The Morgan fingerprint density at radius 2 is 1.53 bits per heavy atom. The SMILES string of the molecule is CC(C)c1cc(S(N)(=O)=O)c(C(C)C)cc1Br.